The molecule has 0 spiro atoms. The summed E-state index contributed by atoms with van der Waals surface area (Å²) in [5.41, 5.74) is 0. The van der Waals surface area contributed by atoms with Crippen molar-refractivity contribution in [2.75, 3.05) is 0 Å². The SMILES string of the molecule is CC(=O)CC1CC=CC(=O)C1. The lowest BCUT2D eigenvalue weighted by Crippen LogP contribution is -2.13. The van der Waals surface area contributed by atoms with Crippen LogP contribution in [0, 0.1) is 5.92 Å². The van der Waals surface area contributed by atoms with Crippen LogP contribution in [0.3, 0.4) is 0 Å². The van der Waals surface area contributed by atoms with E-state index in [4.69, 9.17) is 0 Å². The summed E-state index contributed by atoms with van der Waals surface area (Å²) >= 11 is 0. The summed E-state index contributed by atoms with van der Waals surface area (Å²) in [5, 5.41) is 0. The third-order valence-corrected chi connectivity index (χ3v) is 1.84. The molecule has 2 nitrogen and oxygen atoms in total. The van der Waals surface area contributed by atoms with Gasteiger partial charge in [-0.2, -0.15) is 0 Å². The zero-order chi connectivity index (χ0) is 8.27. The molecule has 60 valence electrons. The molecule has 0 bridgehead atoms. The van der Waals surface area contributed by atoms with Gasteiger partial charge in [-0.05, 0) is 25.3 Å². The Morgan fingerprint density at radius 3 is 3.00 bits per heavy atom. The van der Waals surface area contributed by atoms with E-state index in [1.807, 2.05) is 6.08 Å². The Morgan fingerprint density at radius 1 is 1.73 bits per heavy atom. The minimum Gasteiger partial charge on any atom is -0.300 e. The van der Waals surface area contributed by atoms with Gasteiger partial charge >= 0.3 is 0 Å². The molecular formula is C9H12O2. The summed E-state index contributed by atoms with van der Waals surface area (Å²) in [4.78, 5) is 21.5. The molecule has 0 aromatic rings. The van der Waals surface area contributed by atoms with Crippen LogP contribution < -0.4 is 0 Å². The van der Waals surface area contributed by atoms with Gasteiger partial charge in [-0.25, -0.2) is 0 Å². The van der Waals surface area contributed by atoms with Crippen molar-refractivity contribution < 1.29 is 9.59 Å². The lowest BCUT2D eigenvalue weighted by molar-refractivity contribution is -0.119. The highest BCUT2D eigenvalue weighted by atomic mass is 16.1. The average molecular weight is 152 g/mol. The van der Waals surface area contributed by atoms with Gasteiger partial charge in [0.1, 0.15) is 5.78 Å². The number of allylic oxidation sites excluding steroid dienone is 2. The molecule has 1 aliphatic rings. The number of carbonyl (C=O) groups excluding carboxylic acids is 2. The van der Waals surface area contributed by atoms with E-state index in [9.17, 15) is 9.59 Å². The Labute approximate surface area is 66.3 Å². The fourth-order valence-corrected chi connectivity index (χ4v) is 1.39. The van der Waals surface area contributed by atoms with Gasteiger partial charge in [-0.3, -0.25) is 4.79 Å². The maximum Gasteiger partial charge on any atom is 0.155 e. The number of hydrogen-bond donors (Lipinski definition) is 0. The standard InChI is InChI=1S/C9H12O2/c1-7(10)5-8-3-2-4-9(11)6-8/h2,4,8H,3,5-6H2,1H3. The van der Waals surface area contributed by atoms with Crippen LogP contribution in [0.25, 0.3) is 0 Å². The first-order valence-electron chi connectivity index (χ1n) is 3.87. The first-order valence-corrected chi connectivity index (χ1v) is 3.87. The monoisotopic (exact) mass is 152 g/mol. The molecule has 1 atom stereocenters. The van der Waals surface area contributed by atoms with Gasteiger partial charge < -0.3 is 4.79 Å². The Morgan fingerprint density at radius 2 is 2.45 bits per heavy atom. The fourth-order valence-electron chi connectivity index (χ4n) is 1.39. The molecule has 1 aliphatic carbocycles. The Kier molecular flexibility index (Phi) is 2.58. The molecule has 0 aromatic carbocycles. The molecule has 1 rings (SSSR count). The van der Waals surface area contributed by atoms with Crippen LogP contribution in [0.5, 0.6) is 0 Å². The highest BCUT2D eigenvalue weighted by Gasteiger charge is 2.16. The summed E-state index contributed by atoms with van der Waals surface area (Å²) < 4.78 is 0. The molecule has 0 radical (unpaired) electrons. The summed E-state index contributed by atoms with van der Waals surface area (Å²) in [6.45, 7) is 1.57. The van der Waals surface area contributed by atoms with Crippen molar-refractivity contribution in [2.45, 2.75) is 26.2 Å². The average Bonchev–Trinajstić information content (AvgIpc) is 1.85. The van der Waals surface area contributed by atoms with E-state index >= 15 is 0 Å². The van der Waals surface area contributed by atoms with E-state index in [2.05, 4.69) is 0 Å². The number of ketones is 2. The van der Waals surface area contributed by atoms with Gasteiger partial charge in [0.05, 0.1) is 0 Å². The number of Topliss-reactive ketones (excluding diaryl/α,β-unsaturated/α-hetero) is 1. The number of carbonyl (C=O) groups is 2. The van der Waals surface area contributed by atoms with Gasteiger partial charge in [-0.15, -0.1) is 0 Å². The quantitative estimate of drug-likeness (QED) is 0.601. The third-order valence-electron chi connectivity index (χ3n) is 1.84. The molecule has 0 saturated heterocycles. The van der Waals surface area contributed by atoms with E-state index in [1.54, 1.807) is 13.0 Å². The predicted octanol–water partition coefficient (Wildman–Crippen LogP) is 1.50. The minimum absolute atomic E-state index is 0.155. The molecule has 1 unspecified atom stereocenters. The van der Waals surface area contributed by atoms with Gasteiger partial charge in [0, 0.05) is 12.8 Å². The smallest absolute Gasteiger partial charge is 0.155 e. The van der Waals surface area contributed by atoms with Crippen LogP contribution in [0.4, 0.5) is 0 Å². The third kappa shape index (κ3) is 2.66. The largest absolute Gasteiger partial charge is 0.300 e. The molecule has 0 fully saturated rings. The molecule has 2 heteroatoms. The van der Waals surface area contributed by atoms with Crippen LogP contribution in [0.2, 0.25) is 0 Å². The second kappa shape index (κ2) is 3.46. The summed E-state index contributed by atoms with van der Waals surface area (Å²) in [6.07, 6.45) is 5.45. The van der Waals surface area contributed by atoms with Crippen molar-refractivity contribution in [3.63, 3.8) is 0 Å². The van der Waals surface area contributed by atoms with Crippen molar-refractivity contribution in [3.05, 3.63) is 12.2 Å². The molecule has 11 heavy (non-hydrogen) atoms. The maximum atomic E-state index is 10.9. The molecule has 0 amide bonds. The van der Waals surface area contributed by atoms with Gasteiger partial charge in [0.25, 0.3) is 0 Å². The summed E-state index contributed by atoms with van der Waals surface area (Å²) in [7, 11) is 0. The van der Waals surface area contributed by atoms with Crippen LogP contribution in [-0.2, 0) is 9.59 Å². The predicted molar refractivity (Wildman–Crippen MR) is 42.2 cm³/mol. The molecule has 0 heterocycles. The van der Waals surface area contributed by atoms with Crippen molar-refractivity contribution in [2.24, 2.45) is 5.92 Å². The van der Waals surface area contributed by atoms with Crippen molar-refractivity contribution >= 4 is 11.6 Å². The number of hydrogen-bond acceptors (Lipinski definition) is 2. The first-order chi connectivity index (χ1) is 5.18. The Bertz CT molecular complexity index is 204. The summed E-state index contributed by atoms with van der Waals surface area (Å²) in [6, 6.07) is 0. The van der Waals surface area contributed by atoms with E-state index < -0.39 is 0 Å². The maximum absolute atomic E-state index is 10.9. The second-order valence-corrected chi connectivity index (χ2v) is 3.08. The van der Waals surface area contributed by atoms with E-state index in [0.717, 1.165) is 6.42 Å². The highest BCUT2D eigenvalue weighted by molar-refractivity contribution is 5.91. The lowest BCUT2D eigenvalue weighted by atomic mass is 9.89. The van der Waals surface area contributed by atoms with Gasteiger partial charge in [0.2, 0.25) is 0 Å². The van der Waals surface area contributed by atoms with Crippen molar-refractivity contribution in [1.82, 2.24) is 0 Å². The normalized spacial score (nSPS) is 23.7. The summed E-state index contributed by atoms with van der Waals surface area (Å²) in [5.74, 6) is 0.602. The molecule has 0 N–H and O–H groups in total. The molecule has 0 aromatic heterocycles. The first kappa shape index (κ1) is 8.18. The highest BCUT2D eigenvalue weighted by Crippen LogP contribution is 2.19. The Hall–Kier alpha value is -0.920. The topological polar surface area (TPSA) is 34.1 Å². The zero-order valence-corrected chi connectivity index (χ0v) is 6.67. The van der Waals surface area contributed by atoms with Crippen LogP contribution in [0.15, 0.2) is 12.2 Å². The van der Waals surface area contributed by atoms with Crippen LogP contribution >= 0.6 is 0 Å². The molecule has 0 aliphatic heterocycles. The van der Waals surface area contributed by atoms with E-state index in [0.29, 0.717) is 12.8 Å². The van der Waals surface area contributed by atoms with Gasteiger partial charge in [0.15, 0.2) is 5.78 Å². The van der Waals surface area contributed by atoms with Crippen LogP contribution in [0.1, 0.15) is 26.2 Å². The molecular weight excluding hydrogens is 140 g/mol. The number of rotatable bonds is 2. The fraction of sp³-hybridized carbons (Fsp3) is 0.556. The molecule has 0 saturated carbocycles. The van der Waals surface area contributed by atoms with Crippen molar-refractivity contribution in [1.29, 1.82) is 0 Å². The van der Waals surface area contributed by atoms with Crippen LogP contribution in [-0.4, -0.2) is 11.6 Å². The zero-order valence-electron chi connectivity index (χ0n) is 6.67. The minimum atomic E-state index is 0.155. The second-order valence-electron chi connectivity index (χ2n) is 3.08. The van der Waals surface area contributed by atoms with E-state index in [1.165, 1.54) is 0 Å². The lowest BCUT2D eigenvalue weighted by Gasteiger charge is -2.14. The van der Waals surface area contributed by atoms with E-state index in [-0.39, 0.29) is 17.5 Å². The van der Waals surface area contributed by atoms with Gasteiger partial charge in [-0.1, -0.05) is 6.08 Å². The Balaban J connectivity index is 2.43. The van der Waals surface area contributed by atoms with Crippen molar-refractivity contribution in [3.8, 4) is 0 Å².